The van der Waals surface area contributed by atoms with E-state index in [4.69, 9.17) is 9.15 Å². The van der Waals surface area contributed by atoms with Gasteiger partial charge in [0.1, 0.15) is 11.3 Å². The molecule has 3 heterocycles. The molecule has 1 N–H and O–H groups in total. The minimum absolute atomic E-state index is 0.0588. The Morgan fingerprint density at radius 3 is 2.48 bits per heavy atom. The first-order chi connectivity index (χ1) is 15.7. The molecule has 0 saturated carbocycles. The Kier molecular flexibility index (Phi) is 4.82. The van der Waals surface area contributed by atoms with Crippen LogP contribution in [-0.4, -0.2) is 26.7 Å². The zero-order valence-corrected chi connectivity index (χ0v) is 18.7. The molecular formula is C22H14BrF3N4O3. The molecule has 11 heteroatoms. The number of nitrogens with zero attached hydrogens (tertiary/aromatic N) is 3. The van der Waals surface area contributed by atoms with Crippen molar-refractivity contribution in [1.29, 1.82) is 0 Å². The summed E-state index contributed by atoms with van der Waals surface area (Å²) in [5, 5.41) is 2.19. The second kappa shape index (κ2) is 7.48. The van der Waals surface area contributed by atoms with E-state index < -0.39 is 17.4 Å². The lowest BCUT2D eigenvalue weighted by Gasteiger charge is -2.07. The average Bonchev–Trinajstić information content (AvgIpc) is 3.36. The van der Waals surface area contributed by atoms with Crippen LogP contribution in [0.5, 0.6) is 5.75 Å². The Labute approximate surface area is 192 Å². The quantitative estimate of drug-likeness (QED) is 0.336. The molecule has 0 unspecified atom stereocenters. The predicted molar refractivity (Wildman–Crippen MR) is 118 cm³/mol. The van der Waals surface area contributed by atoms with Gasteiger partial charge in [-0.05, 0) is 40.5 Å². The second-order valence-electron chi connectivity index (χ2n) is 7.21. The molecule has 33 heavy (non-hydrogen) atoms. The van der Waals surface area contributed by atoms with Gasteiger partial charge in [-0.3, -0.25) is 9.89 Å². The number of ether oxygens (including phenoxy) is 1. The zero-order chi connectivity index (χ0) is 23.5. The molecule has 0 bridgehead atoms. The number of hydrogen-bond donors (Lipinski definition) is 1. The van der Waals surface area contributed by atoms with Crippen molar-refractivity contribution in [3.63, 3.8) is 0 Å². The van der Waals surface area contributed by atoms with Crippen LogP contribution in [0.15, 0.2) is 56.1 Å². The number of hydrogen-bond acceptors (Lipinski definition) is 5. The number of oxazole rings is 1. The van der Waals surface area contributed by atoms with Crippen LogP contribution >= 0.6 is 15.9 Å². The summed E-state index contributed by atoms with van der Waals surface area (Å²) >= 11 is 3.36. The number of benzene rings is 2. The molecule has 3 aromatic heterocycles. The van der Waals surface area contributed by atoms with E-state index in [9.17, 15) is 18.0 Å². The van der Waals surface area contributed by atoms with Gasteiger partial charge in [-0.25, -0.2) is 9.97 Å². The summed E-state index contributed by atoms with van der Waals surface area (Å²) in [4.78, 5) is 22.1. The molecule has 0 aliphatic carbocycles. The number of methoxy groups -OCH3 is 1. The first kappa shape index (κ1) is 21.3. The van der Waals surface area contributed by atoms with Crippen LogP contribution in [0.1, 0.15) is 11.4 Å². The molecule has 2 aromatic carbocycles. The Bertz CT molecular complexity index is 1590. The van der Waals surface area contributed by atoms with Crippen molar-refractivity contribution < 1.29 is 22.3 Å². The molecule has 5 rings (SSSR count). The lowest BCUT2D eigenvalue weighted by Crippen LogP contribution is -2.20. The highest BCUT2D eigenvalue weighted by Gasteiger charge is 2.38. The number of alkyl halides is 3. The largest absolute Gasteiger partial charge is 0.493 e. The van der Waals surface area contributed by atoms with Gasteiger partial charge in [-0.1, -0.05) is 30.3 Å². The van der Waals surface area contributed by atoms with Crippen molar-refractivity contribution in [2.24, 2.45) is 0 Å². The van der Waals surface area contributed by atoms with E-state index in [0.717, 1.165) is 4.52 Å². The summed E-state index contributed by atoms with van der Waals surface area (Å²) in [7, 11) is 1.46. The lowest BCUT2D eigenvalue weighted by atomic mass is 10.1. The van der Waals surface area contributed by atoms with E-state index in [2.05, 4.69) is 31.0 Å². The van der Waals surface area contributed by atoms with E-state index in [1.807, 2.05) is 0 Å². The van der Waals surface area contributed by atoms with Gasteiger partial charge >= 0.3 is 6.18 Å². The van der Waals surface area contributed by atoms with Crippen LogP contribution in [0.2, 0.25) is 0 Å². The Balaban J connectivity index is 1.82. The van der Waals surface area contributed by atoms with E-state index in [-0.39, 0.29) is 33.9 Å². The standard InChI is InChI=1S/C22H14BrF3N4O3/c1-10-14(20-28-16-13(33-20)9-8-12(23)17(16)32-2)21(31)30-19(27-10)15(11-6-4-3-5-7-11)18(29-30)22(24,25)26/h3-9,29H,1-2H3. The molecule has 0 saturated heterocycles. The van der Waals surface area contributed by atoms with E-state index in [0.29, 0.717) is 21.3 Å². The van der Waals surface area contributed by atoms with Gasteiger partial charge in [0.2, 0.25) is 5.89 Å². The second-order valence-corrected chi connectivity index (χ2v) is 8.06. The zero-order valence-electron chi connectivity index (χ0n) is 17.1. The molecule has 0 fully saturated rings. The van der Waals surface area contributed by atoms with Gasteiger partial charge in [0, 0.05) is 0 Å². The summed E-state index contributed by atoms with van der Waals surface area (Å²) < 4.78 is 54.1. The van der Waals surface area contributed by atoms with Gasteiger partial charge in [0.25, 0.3) is 5.56 Å². The Morgan fingerprint density at radius 1 is 1.09 bits per heavy atom. The van der Waals surface area contributed by atoms with E-state index in [1.54, 1.807) is 30.3 Å². The van der Waals surface area contributed by atoms with Crippen LogP contribution in [-0.2, 0) is 6.18 Å². The van der Waals surface area contributed by atoms with Gasteiger partial charge in [0.05, 0.1) is 22.8 Å². The number of aromatic nitrogens is 4. The van der Waals surface area contributed by atoms with Gasteiger partial charge in [0.15, 0.2) is 22.5 Å². The fourth-order valence-electron chi connectivity index (χ4n) is 3.75. The summed E-state index contributed by atoms with van der Waals surface area (Å²) in [5.41, 5.74) is -1.09. The molecule has 0 atom stereocenters. The third-order valence-corrected chi connectivity index (χ3v) is 5.82. The highest BCUT2D eigenvalue weighted by molar-refractivity contribution is 9.10. The number of nitrogens with one attached hydrogen (secondary N) is 1. The van der Waals surface area contributed by atoms with Crippen LogP contribution in [0.3, 0.4) is 0 Å². The van der Waals surface area contributed by atoms with E-state index >= 15 is 0 Å². The minimum atomic E-state index is -4.74. The number of H-pyrrole nitrogens is 1. The molecule has 5 aromatic rings. The van der Waals surface area contributed by atoms with Crippen LogP contribution in [0, 0.1) is 6.92 Å². The topological polar surface area (TPSA) is 85.4 Å². The number of fused-ring (bicyclic) bond motifs is 2. The van der Waals surface area contributed by atoms with E-state index in [1.165, 1.54) is 26.2 Å². The smallest absolute Gasteiger partial charge is 0.433 e. The molecule has 0 spiro atoms. The van der Waals surface area contributed by atoms with Crippen molar-refractivity contribution in [1.82, 2.24) is 19.6 Å². The van der Waals surface area contributed by atoms with Crippen LogP contribution in [0.25, 0.3) is 39.3 Å². The summed E-state index contributed by atoms with van der Waals surface area (Å²) in [6, 6.07) is 11.3. The normalized spacial score (nSPS) is 12.1. The maximum atomic E-state index is 13.9. The van der Waals surface area contributed by atoms with Gasteiger partial charge in [-0.2, -0.15) is 17.7 Å². The number of rotatable bonds is 3. The van der Waals surface area contributed by atoms with Crippen molar-refractivity contribution in [2.75, 3.05) is 7.11 Å². The minimum Gasteiger partial charge on any atom is -0.493 e. The van der Waals surface area contributed by atoms with Crippen LogP contribution in [0.4, 0.5) is 13.2 Å². The first-order valence-electron chi connectivity index (χ1n) is 9.62. The molecule has 0 radical (unpaired) electrons. The van der Waals surface area contributed by atoms with Crippen molar-refractivity contribution >= 4 is 32.7 Å². The maximum absolute atomic E-state index is 13.9. The average molecular weight is 519 g/mol. The van der Waals surface area contributed by atoms with Gasteiger partial charge < -0.3 is 9.15 Å². The molecule has 168 valence electrons. The molecule has 0 aliphatic heterocycles. The highest BCUT2D eigenvalue weighted by atomic mass is 79.9. The molecule has 0 amide bonds. The Hall–Kier alpha value is -3.60. The van der Waals surface area contributed by atoms with Crippen LogP contribution < -0.4 is 10.3 Å². The number of aromatic amines is 1. The third-order valence-electron chi connectivity index (χ3n) is 5.19. The SMILES string of the molecule is COc1c(Br)ccc2oc(-c3c(C)nc4c(-c5ccccc5)c(C(F)(F)F)[nH]n4c3=O)nc12. The fraction of sp³-hybridized carbons (Fsp3) is 0.136. The molecular weight excluding hydrogens is 505 g/mol. The predicted octanol–water partition coefficient (Wildman–Crippen LogP) is 5.60. The highest BCUT2D eigenvalue weighted by Crippen LogP contribution is 2.39. The van der Waals surface area contributed by atoms with Gasteiger partial charge in [-0.15, -0.1) is 0 Å². The maximum Gasteiger partial charge on any atom is 0.433 e. The Morgan fingerprint density at radius 2 is 1.82 bits per heavy atom. The summed E-state index contributed by atoms with van der Waals surface area (Å²) in [6.45, 7) is 1.52. The molecule has 0 aliphatic rings. The molecule has 7 nitrogen and oxygen atoms in total. The van der Waals surface area contributed by atoms with Crippen molar-refractivity contribution in [3.8, 4) is 28.3 Å². The lowest BCUT2D eigenvalue weighted by molar-refractivity contribution is -0.140. The number of aryl methyl sites for hydroxylation is 1. The van der Waals surface area contributed by atoms with Crippen molar-refractivity contribution in [2.45, 2.75) is 13.1 Å². The third kappa shape index (κ3) is 3.30. The van der Waals surface area contributed by atoms with Crippen molar-refractivity contribution in [3.05, 3.63) is 68.7 Å². The monoisotopic (exact) mass is 518 g/mol. The fourth-order valence-corrected chi connectivity index (χ4v) is 4.24. The first-order valence-corrected chi connectivity index (χ1v) is 10.4. The number of halogens is 4. The summed E-state index contributed by atoms with van der Waals surface area (Å²) in [5.74, 6) is 0.329. The summed E-state index contributed by atoms with van der Waals surface area (Å²) in [6.07, 6.45) is -4.74.